The third-order valence-electron chi connectivity index (χ3n) is 5.13. The summed E-state index contributed by atoms with van der Waals surface area (Å²) in [6.07, 6.45) is 1.60. The molecule has 1 aromatic rings. The molecule has 0 bridgehead atoms. The lowest BCUT2D eigenvalue weighted by Gasteiger charge is -2.44. The van der Waals surface area contributed by atoms with E-state index >= 15 is 0 Å². The molecule has 2 aliphatic rings. The summed E-state index contributed by atoms with van der Waals surface area (Å²) in [7, 11) is 1.73. The molecule has 2 heterocycles. The number of amides is 1. The molecule has 162 valence electrons. The number of carboxylic acid groups (broad SMARTS) is 1. The Morgan fingerprint density at radius 1 is 1.41 bits per heavy atom. The topological polar surface area (TPSA) is 89.0 Å². The predicted octanol–water partition coefficient (Wildman–Crippen LogP) is 2.68. The predicted molar refractivity (Wildman–Crippen MR) is 96.5 cm³/mol. The van der Waals surface area contributed by atoms with Gasteiger partial charge in [-0.25, -0.2) is 4.79 Å². The normalized spacial score (nSPS) is 24.2. The molecule has 10 heteroatoms. The quantitative estimate of drug-likeness (QED) is 0.812. The van der Waals surface area contributed by atoms with E-state index in [9.17, 15) is 18.0 Å². The van der Waals surface area contributed by atoms with Gasteiger partial charge in [0.2, 0.25) is 0 Å². The van der Waals surface area contributed by atoms with Crippen LogP contribution in [-0.4, -0.2) is 72.1 Å². The van der Waals surface area contributed by atoms with Gasteiger partial charge in [0.15, 0.2) is 0 Å². The Kier molecular flexibility index (Phi) is 7.59. The van der Waals surface area contributed by atoms with Crippen LogP contribution in [0.3, 0.4) is 0 Å². The fourth-order valence-corrected chi connectivity index (χ4v) is 3.78. The van der Waals surface area contributed by atoms with Crippen LogP contribution in [0.5, 0.6) is 0 Å². The summed E-state index contributed by atoms with van der Waals surface area (Å²) in [6.45, 7) is 4.57. The van der Waals surface area contributed by atoms with Gasteiger partial charge in [0.1, 0.15) is 0 Å². The van der Waals surface area contributed by atoms with Gasteiger partial charge in [-0.05, 0) is 31.4 Å². The lowest BCUT2D eigenvalue weighted by molar-refractivity contribution is -0.192. The number of nitrogens with zero attached hydrogens (tertiary/aromatic N) is 2. The molecule has 3 rings (SSSR count). The first-order valence-corrected chi connectivity index (χ1v) is 9.23. The van der Waals surface area contributed by atoms with E-state index in [0.717, 1.165) is 24.8 Å². The number of morpholine rings is 1. The highest BCUT2D eigenvalue weighted by Crippen LogP contribution is 2.41. The third kappa shape index (κ3) is 5.89. The summed E-state index contributed by atoms with van der Waals surface area (Å²) in [6, 6.07) is 1.90. The number of hydrogen-bond acceptors (Lipinski definition) is 5. The molecule has 1 spiro atoms. The highest BCUT2D eigenvalue weighted by molar-refractivity contribution is 5.94. The average molecular weight is 418 g/mol. The lowest BCUT2D eigenvalue weighted by atomic mass is 9.89. The first kappa shape index (κ1) is 23.1. The fraction of sp³-hybridized carbons (Fsp3) is 0.632. The first-order valence-electron chi connectivity index (χ1n) is 9.23. The molecule has 0 radical (unpaired) electrons. The Bertz CT molecular complexity index is 728. The van der Waals surface area contributed by atoms with Crippen LogP contribution < -0.4 is 0 Å². The number of pyridine rings is 1. The van der Waals surface area contributed by atoms with Crippen LogP contribution in [0.4, 0.5) is 13.2 Å². The van der Waals surface area contributed by atoms with Crippen molar-refractivity contribution < 1.29 is 37.3 Å². The third-order valence-corrected chi connectivity index (χ3v) is 5.13. The zero-order valence-corrected chi connectivity index (χ0v) is 16.4. The number of carboxylic acids is 1. The molecule has 1 saturated carbocycles. The van der Waals surface area contributed by atoms with Crippen molar-refractivity contribution in [2.45, 2.75) is 38.0 Å². The molecule has 0 aromatic carbocycles. The van der Waals surface area contributed by atoms with Crippen LogP contribution in [0.1, 0.15) is 35.2 Å². The highest BCUT2D eigenvalue weighted by atomic mass is 19.4. The summed E-state index contributed by atoms with van der Waals surface area (Å²) in [5.41, 5.74) is 1.45. The lowest BCUT2D eigenvalue weighted by Crippen LogP contribution is -2.56. The molecule has 7 nitrogen and oxygen atoms in total. The number of halogens is 3. The van der Waals surface area contributed by atoms with Crippen molar-refractivity contribution >= 4 is 11.9 Å². The number of aliphatic carboxylic acids is 1. The van der Waals surface area contributed by atoms with Gasteiger partial charge in [-0.15, -0.1) is 0 Å². The van der Waals surface area contributed by atoms with Crippen LogP contribution in [0.25, 0.3) is 0 Å². The van der Waals surface area contributed by atoms with Gasteiger partial charge in [0.25, 0.3) is 5.91 Å². The molecule has 1 aliphatic heterocycles. The molecule has 1 saturated heterocycles. The van der Waals surface area contributed by atoms with Gasteiger partial charge in [0.05, 0.1) is 30.9 Å². The van der Waals surface area contributed by atoms with E-state index in [0.29, 0.717) is 37.8 Å². The number of aryl methyl sites for hydroxylation is 1. The molecular formula is C19H25F3N2O5. The standard InChI is InChI=1S/C17H24N2O3.C2HF3O2/c1-13-8-14(10-18-9-13)16(20)19-6-7-22-17(12-19)5-3-4-15(17)11-21-2;3-2(4,5)1(6)7/h8-10,15H,3-7,11-12H2,1-2H3;(H,6,7)/t15-,17-;/m0./s1. The van der Waals surface area contributed by atoms with Crippen LogP contribution >= 0.6 is 0 Å². The van der Waals surface area contributed by atoms with Gasteiger partial charge in [-0.2, -0.15) is 13.2 Å². The SMILES string of the molecule is COC[C@@H]1CCC[C@]12CN(C(=O)c1cncc(C)c1)CCO2.O=C(O)C(F)(F)F. The zero-order valence-electron chi connectivity index (χ0n) is 16.4. The highest BCUT2D eigenvalue weighted by Gasteiger charge is 2.47. The molecule has 1 aromatic heterocycles. The van der Waals surface area contributed by atoms with Crippen molar-refractivity contribution in [2.24, 2.45) is 5.92 Å². The van der Waals surface area contributed by atoms with Crippen molar-refractivity contribution in [2.75, 3.05) is 33.4 Å². The van der Waals surface area contributed by atoms with Crippen molar-refractivity contribution in [3.8, 4) is 0 Å². The Hall–Kier alpha value is -2.20. The number of aromatic nitrogens is 1. The van der Waals surface area contributed by atoms with E-state index in [-0.39, 0.29) is 11.5 Å². The van der Waals surface area contributed by atoms with Crippen molar-refractivity contribution in [3.63, 3.8) is 0 Å². The maximum atomic E-state index is 12.8. The fourth-order valence-electron chi connectivity index (χ4n) is 3.78. The maximum Gasteiger partial charge on any atom is 0.490 e. The summed E-state index contributed by atoms with van der Waals surface area (Å²) in [5.74, 6) is -2.32. The minimum atomic E-state index is -5.08. The van der Waals surface area contributed by atoms with E-state index in [1.807, 2.05) is 17.9 Å². The van der Waals surface area contributed by atoms with E-state index < -0.39 is 12.1 Å². The smallest absolute Gasteiger partial charge is 0.475 e. The van der Waals surface area contributed by atoms with Crippen LogP contribution in [0, 0.1) is 12.8 Å². The number of rotatable bonds is 3. The average Bonchev–Trinajstić information content (AvgIpc) is 3.02. The van der Waals surface area contributed by atoms with Gasteiger partial charge >= 0.3 is 12.1 Å². The van der Waals surface area contributed by atoms with E-state index in [4.69, 9.17) is 19.4 Å². The van der Waals surface area contributed by atoms with E-state index in [1.54, 1.807) is 19.5 Å². The molecule has 1 aliphatic carbocycles. The largest absolute Gasteiger partial charge is 0.490 e. The Morgan fingerprint density at radius 2 is 2.10 bits per heavy atom. The second kappa shape index (κ2) is 9.53. The van der Waals surface area contributed by atoms with Crippen molar-refractivity contribution in [3.05, 3.63) is 29.6 Å². The summed E-state index contributed by atoms with van der Waals surface area (Å²) >= 11 is 0. The number of carbonyl (C=O) groups is 2. The van der Waals surface area contributed by atoms with Gasteiger partial charge in [-0.1, -0.05) is 6.42 Å². The number of methoxy groups -OCH3 is 1. The van der Waals surface area contributed by atoms with Gasteiger partial charge in [-0.3, -0.25) is 9.78 Å². The van der Waals surface area contributed by atoms with Crippen molar-refractivity contribution in [1.29, 1.82) is 0 Å². The molecular weight excluding hydrogens is 393 g/mol. The Labute approximate surface area is 166 Å². The molecule has 2 atom stereocenters. The molecule has 0 unspecified atom stereocenters. The van der Waals surface area contributed by atoms with E-state index in [1.165, 1.54) is 0 Å². The number of ether oxygens (including phenoxy) is 2. The molecule has 1 N–H and O–H groups in total. The monoisotopic (exact) mass is 418 g/mol. The molecule has 29 heavy (non-hydrogen) atoms. The molecule has 1 amide bonds. The summed E-state index contributed by atoms with van der Waals surface area (Å²) in [5, 5.41) is 7.12. The molecule has 2 fully saturated rings. The van der Waals surface area contributed by atoms with Crippen molar-refractivity contribution in [1.82, 2.24) is 9.88 Å². The zero-order chi connectivity index (χ0) is 21.7. The summed E-state index contributed by atoms with van der Waals surface area (Å²) in [4.78, 5) is 27.7. The Balaban J connectivity index is 0.000000370. The van der Waals surface area contributed by atoms with Crippen LogP contribution in [-0.2, 0) is 14.3 Å². The first-order chi connectivity index (χ1) is 13.6. The Morgan fingerprint density at radius 3 is 2.69 bits per heavy atom. The van der Waals surface area contributed by atoms with Crippen LogP contribution in [0.15, 0.2) is 18.5 Å². The van der Waals surface area contributed by atoms with Gasteiger partial charge < -0.3 is 19.5 Å². The van der Waals surface area contributed by atoms with Gasteiger partial charge in [0, 0.05) is 32.0 Å². The second-order valence-electron chi connectivity index (χ2n) is 7.24. The van der Waals surface area contributed by atoms with Crippen LogP contribution in [0.2, 0.25) is 0 Å². The minimum absolute atomic E-state index is 0.0574. The van der Waals surface area contributed by atoms with E-state index in [2.05, 4.69) is 4.98 Å². The second-order valence-corrected chi connectivity index (χ2v) is 7.24. The number of hydrogen-bond donors (Lipinski definition) is 1. The minimum Gasteiger partial charge on any atom is -0.475 e. The summed E-state index contributed by atoms with van der Waals surface area (Å²) < 4.78 is 43.2. The number of alkyl halides is 3. The number of carbonyl (C=O) groups excluding carboxylic acids is 1. The maximum absolute atomic E-state index is 12.8.